The summed E-state index contributed by atoms with van der Waals surface area (Å²) in [5.74, 6) is 1.33. The second kappa shape index (κ2) is 11.1. The molecule has 32 heavy (non-hydrogen) atoms. The number of nitrogens with zero attached hydrogens (tertiary/aromatic N) is 1. The van der Waals surface area contributed by atoms with E-state index in [2.05, 4.69) is 5.32 Å². The minimum atomic E-state index is -3.47. The van der Waals surface area contributed by atoms with Crippen molar-refractivity contribution >= 4 is 21.6 Å². The number of hydrogen-bond acceptors (Lipinski definition) is 6. The summed E-state index contributed by atoms with van der Waals surface area (Å²) >= 11 is 0. The largest absolute Gasteiger partial charge is 0.493 e. The van der Waals surface area contributed by atoms with E-state index >= 15 is 0 Å². The molecule has 176 valence electrons. The number of methoxy groups -OCH3 is 3. The summed E-state index contributed by atoms with van der Waals surface area (Å²) in [6.07, 6.45) is 1.77. The van der Waals surface area contributed by atoms with Crippen LogP contribution in [0, 0.1) is 13.8 Å². The molecule has 9 heteroatoms. The number of anilines is 1. The van der Waals surface area contributed by atoms with Crippen LogP contribution >= 0.6 is 0 Å². The fourth-order valence-corrected chi connectivity index (χ4v) is 4.40. The molecule has 2 aromatic carbocycles. The number of hydrogen-bond donors (Lipinski definition) is 1. The Kier molecular flexibility index (Phi) is 8.77. The van der Waals surface area contributed by atoms with E-state index in [1.807, 2.05) is 26.0 Å². The molecule has 0 heterocycles. The molecule has 1 amide bonds. The molecule has 0 spiro atoms. The van der Waals surface area contributed by atoms with E-state index in [-0.39, 0.29) is 25.4 Å². The van der Waals surface area contributed by atoms with E-state index in [4.69, 9.17) is 14.2 Å². The van der Waals surface area contributed by atoms with Crippen molar-refractivity contribution in [3.8, 4) is 17.2 Å². The molecule has 1 N–H and O–H groups in total. The summed E-state index contributed by atoms with van der Waals surface area (Å²) < 4.78 is 42.0. The first-order valence-corrected chi connectivity index (χ1v) is 12.1. The lowest BCUT2D eigenvalue weighted by Gasteiger charge is -2.25. The van der Waals surface area contributed by atoms with Crippen LogP contribution in [-0.2, 0) is 21.4 Å². The summed E-state index contributed by atoms with van der Waals surface area (Å²) in [4.78, 5) is 12.4. The van der Waals surface area contributed by atoms with Crippen LogP contribution in [0.15, 0.2) is 30.3 Å². The molecule has 0 saturated heterocycles. The van der Waals surface area contributed by atoms with Crippen molar-refractivity contribution < 1.29 is 27.4 Å². The molecule has 0 bridgehead atoms. The van der Waals surface area contributed by atoms with Gasteiger partial charge in [0, 0.05) is 19.5 Å². The fraction of sp³-hybridized carbons (Fsp3) is 0.435. The molecule has 0 saturated carbocycles. The van der Waals surface area contributed by atoms with Crippen LogP contribution in [0.2, 0.25) is 0 Å². The van der Waals surface area contributed by atoms with Crippen LogP contribution in [-0.4, -0.2) is 48.5 Å². The molecule has 8 nitrogen and oxygen atoms in total. The van der Waals surface area contributed by atoms with Crippen LogP contribution in [0.5, 0.6) is 17.2 Å². The highest BCUT2D eigenvalue weighted by Gasteiger charge is 2.20. The van der Waals surface area contributed by atoms with Crippen molar-refractivity contribution in [2.24, 2.45) is 0 Å². The second-order valence-electron chi connectivity index (χ2n) is 7.47. The predicted octanol–water partition coefficient (Wildman–Crippen LogP) is 3.19. The van der Waals surface area contributed by atoms with Crippen molar-refractivity contribution in [2.75, 3.05) is 38.4 Å². The Balaban J connectivity index is 2.00. The molecule has 0 atom stereocenters. The summed E-state index contributed by atoms with van der Waals surface area (Å²) in [5.41, 5.74) is 3.36. The maximum atomic E-state index is 12.4. The van der Waals surface area contributed by atoms with Crippen molar-refractivity contribution in [2.45, 2.75) is 33.2 Å². The highest BCUT2D eigenvalue weighted by molar-refractivity contribution is 7.92. The van der Waals surface area contributed by atoms with E-state index < -0.39 is 10.0 Å². The fourth-order valence-electron chi connectivity index (χ4n) is 3.38. The zero-order valence-corrected chi connectivity index (χ0v) is 20.3. The average molecular weight is 465 g/mol. The van der Waals surface area contributed by atoms with E-state index in [9.17, 15) is 13.2 Å². The third-order valence-electron chi connectivity index (χ3n) is 5.22. The number of benzene rings is 2. The third-order valence-corrected chi connectivity index (χ3v) is 6.40. The van der Waals surface area contributed by atoms with Crippen LogP contribution in [0.1, 0.15) is 29.5 Å². The first kappa shape index (κ1) is 25.3. The second-order valence-corrected chi connectivity index (χ2v) is 9.37. The lowest BCUT2D eigenvalue weighted by atomic mass is 10.1. The molecule has 0 fully saturated rings. The topological polar surface area (TPSA) is 94.2 Å². The molecule has 2 aromatic rings. The van der Waals surface area contributed by atoms with Gasteiger partial charge in [-0.25, -0.2) is 8.42 Å². The Labute approximate surface area is 190 Å². The Morgan fingerprint density at radius 2 is 1.66 bits per heavy atom. The first-order valence-electron chi connectivity index (χ1n) is 10.2. The van der Waals surface area contributed by atoms with Crippen molar-refractivity contribution in [3.63, 3.8) is 0 Å². The maximum Gasteiger partial charge on any atom is 0.232 e. The number of carbonyl (C=O) groups is 1. The van der Waals surface area contributed by atoms with Gasteiger partial charge in [0.2, 0.25) is 21.7 Å². The predicted molar refractivity (Wildman–Crippen MR) is 125 cm³/mol. The van der Waals surface area contributed by atoms with Gasteiger partial charge in [0.15, 0.2) is 11.5 Å². The maximum absolute atomic E-state index is 12.4. The number of nitrogens with one attached hydrogen (secondary N) is 1. The Morgan fingerprint density at radius 3 is 2.19 bits per heavy atom. The van der Waals surface area contributed by atoms with Crippen molar-refractivity contribution in [3.05, 3.63) is 47.0 Å². The van der Waals surface area contributed by atoms with Gasteiger partial charge in [-0.2, -0.15) is 0 Å². The van der Waals surface area contributed by atoms with E-state index in [0.29, 0.717) is 29.4 Å². The summed E-state index contributed by atoms with van der Waals surface area (Å²) in [7, 11) is 1.12. The van der Waals surface area contributed by atoms with Gasteiger partial charge in [-0.15, -0.1) is 0 Å². The number of sulfonamides is 1. The Morgan fingerprint density at radius 1 is 1.03 bits per heavy atom. The molecule has 0 aromatic heterocycles. The van der Waals surface area contributed by atoms with E-state index in [0.717, 1.165) is 16.7 Å². The summed E-state index contributed by atoms with van der Waals surface area (Å²) in [6, 6.07) is 9.10. The molecular formula is C23H32N2O6S. The van der Waals surface area contributed by atoms with Gasteiger partial charge in [-0.05, 0) is 55.2 Å². The van der Waals surface area contributed by atoms with Crippen LogP contribution in [0.25, 0.3) is 0 Å². The average Bonchev–Trinajstić information content (AvgIpc) is 2.75. The third kappa shape index (κ3) is 6.29. The monoisotopic (exact) mass is 464 g/mol. The lowest BCUT2D eigenvalue weighted by Crippen LogP contribution is -2.32. The van der Waals surface area contributed by atoms with Gasteiger partial charge in [-0.3, -0.25) is 9.10 Å². The van der Waals surface area contributed by atoms with Crippen LogP contribution in [0.3, 0.4) is 0 Å². The highest BCUT2D eigenvalue weighted by Crippen LogP contribution is 2.38. The van der Waals surface area contributed by atoms with Gasteiger partial charge in [0.25, 0.3) is 0 Å². The molecule has 2 rings (SSSR count). The molecule has 0 aliphatic rings. The van der Waals surface area contributed by atoms with Crippen LogP contribution < -0.4 is 23.8 Å². The standard InChI is InChI=1S/C23H32N2O6S/c1-16-9-7-10-19(17(16)2)25(32(6,27)28)12-8-11-22(26)24-15-18-13-20(29-3)23(31-5)21(14-18)30-4/h7,9-10,13-14H,8,11-12,15H2,1-6H3,(H,24,26). The zero-order valence-electron chi connectivity index (χ0n) is 19.5. The lowest BCUT2D eigenvalue weighted by molar-refractivity contribution is -0.121. The van der Waals surface area contributed by atoms with Crippen molar-refractivity contribution in [1.29, 1.82) is 0 Å². The van der Waals surface area contributed by atoms with E-state index in [1.54, 1.807) is 18.2 Å². The van der Waals surface area contributed by atoms with Crippen molar-refractivity contribution in [1.82, 2.24) is 5.32 Å². The smallest absolute Gasteiger partial charge is 0.232 e. The quantitative estimate of drug-likeness (QED) is 0.549. The summed E-state index contributed by atoms with van der Waals surface area (Å²) in [6.45, 7) is 4.34. The van der Waals surface area contributed by atoms with Gasteiger partial charge >= 0.3 is 0 Å². The highest BCUT2D eigenvalue weighted by atomic mass is 32.2. The molecular weight excluding hydrogens is 432 g/mol. The normalized spacial score (nSPS) is 11.1. The minimum Gasteiger partial charge on any atom is -0.493 e. The molecule has 0 radical (unpaired) electrons. The van der Waals surface area contributed by atoms with E-state index in [1.165, 1.54) is 31.9 Å². The first-order chi connectivity index (χ1) is 15.1. The van der Waals surface area contributed by atoms with Crippen LogP contribution in [0.4, 0.5) is 5.69 Å². The Bertz CT molecular complexity index is 1030. The zero-order chi connectivity index (χ0) is 23.9. The number of carbonyl (C=O) groups excluding carboxylic acids is 1. The SMILES string of the molecule is COc1cc(CNC(=O)CCCN(c2cccc(C)c2C)S(C)(=O)=O)cc(OC)c1OC. The van der Waals surface area contributed by atoms with Gasteiger partial charge in [0.05, 0.1) is 33.3 Å². The number of aryl methyl sites for hydroxylation is 1. The molecule has 0 aliphatic carbocycles. The number of ether oxygens (including phenoxy) is 3. The van der Waals surface area contributed by atoms with Gasteiger partial charge < -0.3 is 19.5 Å². The summed E-state index contributed by atoms with van der Waals surface area (Å²) in [5, 5.41) is 2.85. The molecule has 0 aliphatic heterocycles. The molecule has 0 unspecified atom stereocenters. The van der Waals surface area contributed by atoms with Gasteiger partial charge in [0.1, 0.15) is 0 Å². The Hall–Kier alpha value is -2.94. The van der Waals surface area contributed by atoms with Gasteiger partial charge in [-0.1, -0.05) is 12.1 Å². The number of rotatable bonds is 11. The minimum absolute atomic E-state index is 0.173. The number of amides is 1.